The van der Waals surface area contributed by atoms with E-state index in [0.717, 1.165) is 25.9 Å². The maximum absolute atomic E-state index is 12.2. The van der Waals surface area contributed by atoms with Crippen molar-refractivity contribution in [3.05, 3.63) is 0 Å². The number of amides is 2. The quantitative estimate of drug-likeness (QED) is 0.809. The third-order valence-electron chi connectivity index (χ3n) is 3.73. The van der Waals surface area contributed by atoms with Crippen LogP contribution in [0.25, 0.3) is 0 Å². The Morgan fingerprint density at radius 3 is 2.25 bits per heavy atom. The standard InChI is InChI=1S/C15H29N3O2/c1-11(10-16-5)13(19)17-12-6-8-18(9-7-12)14(20)15(2,3)4/h11-12,16H,6-10H2,1-5H3,(H,17,19). The van der Waals surface area contributed by atoms with Crippen molar-refractivity contribution in [2.45, 2.75) is 46.6 Å². The molecule has 1 unspecified atom stereocenters. The molecular formula is C15H29N3O2. The first kappa shape index (κ1) is 17.0. The number of hydrogen-bond donors (Lipinski definition) is 2. The van der Waals surface area contributed by atoms with Crippen LogP contribution in [0, 0.1) is 11.3 Å². The Morgan fingerprint density at radius 2 is 1.80 bits per heavy atom. The van der Waals surface area contributed by atoms with Gasteiger partial charge in [0.2, 0.25) is 11.8 Å². The second-order valence-corrected chi connectivity index (χ2v) is 6.78. The summed E-state index contributed by atoms with van der Waals surface area (Å²) in [5.74, 6) is 0.278. The van der Waals surface area contributed by atoms with E-state index in [2.05, 4.69) is 10.6 Å². The molecule has 20 heavy (non-hydrogen) atoms. The van der Waals surface area contributed by atoms with Crippen LogP contribution < -0.4 is 10.6 Å². The molecule has 1 atom stereocenters. The minimum absolute atomic E-state index is 0.0192. The van der Waals surface area contributed by atoms with Crippen LogP contribution in [0.4, 0.5) is 0 Å². The third kappa shape index (κ3) is 4.78. The third-order valence-corrected chi connectivity index (χ3v) is 3.73. The zero-order valence-electron chi connectivity index (χ0n) is 13.5. The molecule has 5 nitrogen and oxygen atoms in total. The molecule has 0 radical (unpaired) electrons. The van der Waals surface area contributed by atoms with Gasteiger partial charge in [-0.15, -0.1) is 0 Å². The summed E-state index contributed by atoms with van der Waals surface area (Å²) in [6, 6.07) is 0.200. The van der Waals surface area contributed by atoms with Crippen LogP contribution in [-0.4, -0.2) is 49.4 Å². The van der Waals surface area contributed by atoms with E-state index in [1.54, 1.807) is 0 Å². The van der Waals surface area contributed by atoms with Crippen molar-refractivity contribution in [1.29, 1.82) is 0 Å². The van der Waals surface area contributed by atoms with Crippen molar-refractivity contribution in [3.63, 3.8) is 0 Å². The summed E-state index contributed by atoms with van der Waals surface area (Å²) in [6.07, 6.45) is 1.69. The van der Waals surface area contributed by atoms with Crippen molar-refractivity contribution in [2.24, 2.45) is 11.3 Å². The molecule has 0 bridgehead atoms. The molecule has 1 aliphatic rings. The normalized spacial score (nSPS) is 18.8. The van der Waals surface area contributed by atoms with Crippen molar-refractivity contribution < 1.29 is 9.59 Å². The summed E-state index contributed by atoms with van der Waals surface area (Å²) in [7, 11) is 1.85. The first-order valence-electron chi connectivity index (χ1n) is 7.50. The van der Waals surface area contributed by atoms with Crippen molar-refractivity contribution in [3.8, 4) is 0 Å². The topological polar surface area (TPSA) is 61.4 Å². The molecule has 0 aliphatic carbocycles. The van der Waals surface area contributed by atoms with Crippen LogP contribution >= 0.6 is 0 Å². The molecule has 116 valence electrons. The molecule has 5 heteroatoms. The average Bonchev–Trinajstić information content (AvgIpc) is 2.38. The molecule has 2 N–H and O–H groups in total. The smallest absolute Gasteiger partial charge is 0.227 e. The summed E-state index contributed by atoms with van der Waals surface area (Å²) in [6.45, 7) is 9.92. The molecule has 2 amide bonds. The fraction of sp³-hybridized carbons (Fsp3) is 0.867. The SMILES string of the molecule is CNCC(C)C(=O)NC1CCN(C(=O)C(C)(C)C)CC1. The number of rotatable bonds is 4. The number of carbonyl (C=O) groups excluding carboxylic acids is 2. The second-order valence-electron chi connectivity index (χ2n) is 6.78. The van der Waals surface area contributed by atoms with Gasteiger partial charge < -0.3 is 15.5 Å². The summed E-state index contributed by atoms with van der Waals surface area (Å²) >= 11 is 0. The van der Waals surface area contributed by atoms with Gasteiger partial charge in [0.1, 0.15) is 0 Å². The van der Waals surface area contributed by atoms with Crippen LogP contribution in [0.2, 0.25) is 0 Å². The van der Waals surface area contributed by atoms with Crippen molar-refractivity contribution in [2.75, 3.05) is 26.7 Å². The summed E-state index contributed by atoms with van der Waals surface area (Å²) in [5.41, 5.74) is -0.322. The number of nitrogens with zero attached hydrogens (tertiary/aromatic N) is 1. The first-order valence-corrected chi connectivity index (χ1v) is 7.50. The minimum Gasteiger partial charge on any atom is -0.353 e. The van der Waals surface area contributed by atoms with E-state index in [1.807, 2.05) is 39.6 Å². The molecule has 1 heterocycles. The lowest BCUT2D eigenvalue weighted by Crippen LogP contribution is -2.50. The minimum atomic E-state index is -0.322. The Kier molecular flexibility index (Phi) is 5.99. The molecule has 1 rings (SSSR count). The highest BCUT2D eigenvalue weighted by molar-refractivity contribution is 5.81. The monoisotopic (exact) mass is 283 g/mol. The number of hydrogen-bond acceptors (Lipinski definition) is 3. The van der Waals surface area contributed by atoms with Gasteiger partial charge in [-0.05, 0) is 19.9 Å². The largest absolute Gasteiger partial charge is 0.353 e. The van der Waals surface area contributed by atoms with E-state index in [9.17, 15) is 9.59 Å². The fourth-order valence-electron chi connectivity index (χ4n) is 2.44. The van der Waals surface area contributed by atoms with Gasteiger partial charge >= 0.3 is 0 Å². The van der Waals surface area contributed by atoms with Gasteiger partial charge in [0, 0.05) is 37.0 Å². The summed E-state index contributed by atoms with van der Waals surface area (Å²) < 4.78 is 0. The van der Waals surface area contributed by atoms with Crippen LogP contribution in [-0.2, 0) is 9.59 Å². The molecule has 0 aromatic carbocycles. The van der Waals surface area contributed by atoms with Crippen LogP contribution in [0.5, 0.6) is 0 Å². The molecule has 0 saturated carbocycles. The Labute approximate surface area is 122 Å². The molecule has 1 fully saturated rings. The van der Waals surface area contributed by atoms with Gasteiger partial charge in [0.25, 0.3) is 0 Å². The Hall–Kier alpha value is -1.10. The Bertz CT molecular complexity index is 342. The second kappa shape index (κ2) is 7.07. The van der Waals surface area contributed by atoms with Gasteiger partial charge in [0.15, 0.2) is 0 Å². The predicted molar refractivity (Wildman–Crippen MR) is 80.3 cm³/mol. The summed E-state index contributed by atoms with van der Waals surface area (Å²) in [4.78, 5) is 26.0. The molecule has 0 aromatic heterocycles. The molecular weight excluding hydrogens is 254 g/mol. The lowest BCUT2D eigenvalue weighted by Gasteiger charge is -2.36. The lowest BCUT2D eigenvalue weighted by atomic mass is 9.93. The first-order chi connectivity index (χ1) is 9.25. The summed E-state index contributed by atoms with van der Waals surface area (Å²) in [5, 5.41) is 6.10. The highest BCUT2D eigenvalue weighted by atomic mass is 16.2. The Balaban J connectivity index is 2.39. The number of carbonyl (C=O) groups is 2. The molecule has 1 saturated heterocycles. The van der Waals surface area contributed by atoms with E-state index in [4.69, 9.17) is 0 Å². The van der Waals surface area contributed by atoms with Crippen LogP contribution in [0.15, 0.2) is 0 Å². The Morgan fingerprint density at radius 1 is 1.25 bits per heavy atom. The molecule has 1 aliphatic heterocycles. The van der Waals surface area contributed by atoms with Gasteiger partial charge in [0.05, 0.1) is 0 Å². The fourth-order valence-corrected chi connectivity index (χ4v) is 2.44. The van der Waals surface area contributed by atoms with Gasteiger partial charge in [-0.25, -0.2) is 0 Å². The van der Waals surface area contributed by atoms with Crippen LogP contribution in [0.3, 0.4) is 0 Å². The van der Waals surface area contributed by atoms with Crippen molar-refractivity contribution >= 4 is 11.8 Å². The predicted octanol–water partition coefficient (Wildman–Crippen LogP) is 0.995. The average molecular weight is 283 g/mol. The highest BCUT2D eigenvalue weighted by Crippen LogP contribution is 2.21. The maximum atomic E-state index is 12.2. The van der Waals surface area contributed by atoms with E-state index < -0.39 is 0 Å². The van der Waals surface area contributed by atoms with Gasteiger partial charge in [-0.2, -0.15) is 0 Å². The van der Waals surface area contributed by atoms with Crippen molar-refractivity contribution in [1.82, 2.24) is 15.5 Å². The van der Waals surface area contributed by atoms with E-state index in [0.29, 0.717) is 6.54 Å². The van der Waals surface area contributed by atoms with E-state index in [1.165, 1.54) is 0 Å². The lowest BCUT2D eigenvalue weighted by molar-refractivity contribution is -0.140. The van der Waals surface area contributed by atoms with Crippen LogP contribution in [0.1, 0.15) is 40.5 Å². The maximum Gasteiger partial charge on any atom is 0.227 e. The highest BCUT2D eigenvalue weighted by Gasteiger charge is 2.30. The van der Waals surface area contributed by atoms with E-state index in [-0.39, 0.29) is 29.2 Å². The van der Waals surface area contributed by atoms with E-state index >= 15 is 0 Å². The molecule has 0 aromatic rings. The number of likely N-dealkylation sites (tertiary alicyclic amines) is 1. The van der Waals surface area contributed by atoms with Gasteiger partial charge in [-0.1, -0.05) is 27.7 Å². The number of piperidine rings is 1. The zero-order chi connectivity index (χ0) is 15.3. The number of nitrogens with one attached hydrogen (secondary N) is 2. The molecule has 0 spiro atoms. The zero-order valence-corrected chi connectivity index (χ0v) is 13.5. The van der Waals surface area contributed by atoms with Gasteiger partial charge in [-0.3, -0.25) is 9.59 Å².